The molecule has 2 heterocycles. The van der Waals surface area contributed by atoms with Gasteiger partial charge in [-0.05, 0) is 61.7 Å². The lowest BCUT2D eigenvalue weighted by atomic mass is 9.94. The Morgan fingerprint density at radius 1 is 1.24 bits per heavy atom. The Morgan fingerprint density at radius 3 is 2.68 bits per heavy atom. The molecule has 0 aromatic heterocycles. The van der Waals surface area contributed by atoms with Gasteiger partial charge in [0.05, 0.1) is 29.3 Å². The molecule has 3 aliphatic rings. The third kappa shape index (κ3) is 5.02. The second-order valence-electron chi connectivity index (χ2n) is 9.65. The number of urea groups is 1. The molecule has 1 N–H and O–H groups in total. The molecule has 0 radical (unpaired) electrons. The number of aliphatic imine (C=N–C) groups is 1. The Balaban J connectivity index is 1.68. The monoisotopic (exact) mass is 529 g/mol. The minimum absolute atomic E-state index is 0.0358. The van der Waals surface area contributed by atoms with Gasteiger partial charge in [-0.15, -0.1) is 0 Å². The Labute approximate surface area is 226 Å². The minimum atomic E-state index is -0.476. The molecule has 2 unspecified atom stereocenters. The zero-order valence-corrected chi connectivity index (χ0v) is 22.0. The van der Waals surface area contributed by atoms with E-state index in [1.165, 1.54) is 0 Å². The molecule has 2 aromatic carbocycles. The number of hydrogen-bond acceptors (Lipinski definition) is 5. The van der Waals surface area contributed by atoms with Crippen LogP contribution in [-0.4, -0.2) is 59.4 Å². The summed E-state index contributed by atoms with van der Waals surface area (Å²) >= 11 is 6.21. The van der Waals surface area contributed by atoms with Crippen LogP contribution in [0.2, 0.25) is 5.02 Å². The van der Waals surface area contributed by atoms with Crippen LogP contribution >= 0.6 is 11.6 Å². The van der Waals surface area contributed by atoms with Gasteiger partial charge in [0.15, 0.2) is 0 Å². The van der Waals surface area contributed by atoms with E-state index >= 15 is 0 Å². The van der Waals surface area contributed by atoms with E-state index in [2.05, 4.69) is 23.5 Å². The summed E-state index contributed by atoms with van der Waals surface area (Å²) in [5.41, 5.74) is 2.93. The number of hydrogen-bond donors (Lipinski definition) is 1. The highest BCUT2D eigenvalue weighted by Crippen LogP contribution is 2.41. The number of nitrogens with one attached hydrogen (secondary N) is 1. The van der Waals surface area contributed by atoms with Gasteiger partial charge >= 0.3 is 6.03 Å². The molecule has 1 aliphatic carbocycles. The molecule has 0 bridgehead atoms. The van der Waals surface area contributed by atoms with Crippen molar-refractivity contribution >= 4 is 29.4 Å². The highest BCUT2D eigenvalue weighted by molar-refractivity contribution is 6.30. The smallest absolute Gasteiger partial charge is 0.326 e. The third-order valence-corrected chi connectivity index (χ3v) is 6.90. The minimum Gasteiger partial charge on any atom is -0.490 e. The van der Waals surface area contributed by atoms with Crippen molar-refractivity contribution in [1.29, 1.82) is 5.26 Å². The number of amidine groups is 1. The van der Waals surface area contributed by atoms with E-state index in [0.29, 0.717) is 40.8 Å². The van der Waals surface area contributed by atoms with Crippen molar-refractivity contribution in [3.8, 4) is 11.8 Å². The van der Waals surface area contributed by atoms with Crippen LogP contribution in [0.25, 0.3) is 0 Å². The fourth-order valence-electron chi connectivity index (χ4n) is 4.97. The van der Waals surface area contributed by atoms with Crippen LogP contribution in [0.3, 0.4) is 0 Å². The van der Waals surface area contributed by atoms with Crippen LogP contribution in [0.4, 0.5) is 4.79 Å². The highest BCUT2D eigenvalue weighted by Gasteiger charge is 2.45. The third-order valence-electron chi connectivity index (χ3n) is 6.65. The number of carbonyl (C=O) groups excluding carboxylic acids is 2. The van der Waals surface area contributed by atoms with Gasteiger partial charge in [0, 0.05) is 18.1 Å². The molecule has 9 heteroatoms. The summed E-state index contributed by atoms with van der Waals surface area (Å²) in [4.78, 5) is 34.8. The van der Waals surface area contributed by atoms with E-state index in [9.17, 15) is 14.9 Å². The van der Waals surface area contributed by atoms with E-state index in [4.69, 9.17) is 21.3 Å². The van der Waals surface area contributed by atoms with E-state index in [1.807, 2.05) is 32.1 Å². The number of allylic oxidation sites excluding steroid dienone is 2. The molecule has 1 saturated heterocycles. The largest absolute Gasteiger partial charge is 0.490 e. The molecule has 0 spiro atoms. The molecule has 0 saturated carbocycles. The Hall–Kier alpha value is -4.09. The fourth-order valence-corrected chi connectivity index (χ4v) is 5.10. The first-order valence-corrected chi connectivity index (χ1v) is 13.0. The lowest BCUT2D eigenvalue weighted by molar-refractivity contribution is -0.123. The van der Waals surface area contributed by atoms with Gasteiger partial charge in [-0.1, -0.05) is 42.0 Å². The zero-order chi connectivity index (χ0) is 26.8. The van der Waals surface area contributed by atoms with Crippen molar-refractivity contribution in [3.05, 3.63) is 88.0 Å². The summed E-state index contributed by atoms with van der Waals surface area (Å²) in [5.74, 6) is 0.705. The molecular formula is C29H28ClN5O3. The SMILES string of the molecule is CC(C)Oc1cc(C#N)ccc1C1=NC(C2=CCC=C2)C(c2ccc(Cl)cc2)N1C(=O)N1CCNC(=O)C1. The van der Waals surface area contributed by atoms with Gasteiger partial charge in [-0.25, -0.2) is 4.79 Å². The summed E-state index contributed by atoms with van der Waals surface area (Å²) in [5, 5.41) is 12.9. The summed E-state index contributed by atoms with van der Waals surface area (Å²) in [6.45, 7) is 4.54. The molecule has 1 fully saturated rings. The zero-order valence-electron chi connectivity index (χ0n) is 21.2. The molecule has 5 rings (SSSR count). The predicted octanol–water partition coefficient (Wildman–Crippen LogP) is 4.61. The van der Waals surface area contributed by atoms with Gasteiger partial charge in [-0.3, -0.25) is 14.7 Å². The van der Waals surface area contributed by atoms with Crippen molar-refractivity contribution in [2.45, 2.75) is 38.5 Å². The van der Waals surface area contributed by atoms with Crippen LogP contribution in [0.1, 0.15) is 43.0 Å². The number of carbonyl (C=O) groups is 2. The molecular weight excluding hydrogens is 502 g/mol. The van der Waals surface area contributed by atoms with E-state index in [1.54, 1.807) is 40.1 Å². The topological polar surface area (TPSA) is 98.0 Å². The number of rotatable bonds is 5. The lowest BCUT2D eigenvalue weighted by Crippen LogP contribution is -2.55. The Morgan fingerprint density at radius 2 is 2.03 bits per heavy atom. The van der Waals surface area contributed by atoms with Crippen molar-refractivity contribution in [2.75, 3.05) is 19.6 Å². The standard InChI is InChI=1S/C29H28ClN5O3/c1-18(2)38-24-15-19(16-31)7-12-23(24)28-33-26(20-5-3-4-6-20)27(21-8-10-22(30)11-9-21)35(28)29(37)34-14-13-32-25(36)17-34/h3,5-12,15,18,26-27H,4,13-14,17H2,1-2H3,(H,32,36). The first-order valence-electron chi connectivity index (χ1n) is 12.6. The maximum absolute atomic E-state index is 14.2. The molecule has 2 aromatic rings. The molecule has 2 aliphatic heterocycles. The number of nitrogens with zero attached hydrogens (tertiary/aromatic N) is 4. The van der Waals surface area contributed by atoms with Crippen molar-refractivity contribution in [2.24, 2.45) is 4.99 Å². The van der Waals surface area contributed by atoms with Crippen molar-refractivity contribution < 1.29 is 14.3 Å². The second-order valence-corrected chi connectivity index (χ2v) is 10.1. The van der Waals surface area contributed by atoms with Crippen LogP contribution in [-0.2, 0) is 4.79 Å². The number of piperazine rings is 1. The number of ether oxygens (including phenoxy) is 1. The Bertz CT molecular complexity index is 1390. The predicted molar refractivity (Wildman–Crippen MR) is 145 cm³/mol. The molecule has 2 atom stereocenters. The highest BCUT2D eigenvalue weighted by atomic mass is 35.5. The van der Waals surface area contributed by atoms with Gasteiger partial charge in [0.1, 0.15) is 24.2 Å². The number of amides is 3. The second kappa shape index (κ2) is 10.7. The number of nitriles is 1. The summed E-state index contributed by atoms with van der Waals surface area (Å²) < 4.78 is 6.11. The van der Waals surface area contributed by atoms with Gasteiger partial charge in [0.25, 0.3) is 0 Å². The molecule has 194 valence electrons. The first kappa shape index (κ1) is 25.6. The summed E-state index contributed by atoms with van der Waals surface area (Å²) in [6, 6.07) is 13.6. The van der Waals surface area contributed by atoms with Gasteiger partial charge in [0.2, 0.25) is 5.91 Å². The molecule has 3 amide bonds. The van der Waals surface area contributed by atoms with Crippen LogP contribution in [0.15, 0.2) is 71.3 Å². The molecule has 8 nitrogen and oxygen atoms in total. The normalized spacial score (nSPS) is 20.8. The fraction of sp³-hybridized carbons (Fsp3) is 0.310. The Kier molecular flexibility index (Phi) is 7.21. The quantitative estimate of drug-likeness (QED) is 0.611. The van der Waals surface area contributed by atoms with Gasteiger partial charge in [-0.2, -0.15) is 5.26 Å². The van der Waals surface area contributed by atoms with Crippen LogP contribution in [0.5, 0.6) is 5.75 Å². The molecule has 38 heavy (non-hydrogen) atoms. The first-order chi connectivity index (χ1) is 18.4. The maximum atomic E-state index is 14.2. The van der Waals surface area contributed by atoms with E-state index in [0.717, 1.165) is 17.6 Å². The van der Waals surface area contributed by atoms with Crippen molar-refractivity contribution in [3.63, 3.8) is 0 Å². The lowest BCUT2D eigenvalue weighted by Gasteiger charge is -2.36. The van der Waals surface area contributed by atoms with Crippen molar-refractivity contribution in [1.82, 2.24) is 15.1 Å². The maximum Gasteiger partial charge on any atom is 0.326 e. The van der Waals surface area contributed by atoms with E-state index < -0.39 is 6.04 Å². The number of benzene rings is 2. The number of halogens is 1. The van der Waals surface area contributed by atoms with Crippen LogP contribution < -0.4 is 10.1 Å². The van der Waals surface area contributed by atoms with Crippen LogP contribution in [0, 0.1) is 11.3 Å². The van der Waals surface area contributed by atoms with Gasteiger partial charge < -0.3 is 15.0 Å². The average Bonchev–Trinajstić information content (AvgIpc) is 3.57. The average molecular weight is 530 g/mol. The summed E-state index contributed by atoms with van der Waals surface area (Å²) in [6.07, 6.45) is 6.85. The van der Waals surface area contributed by atoms with E-state index in [-0.39, 0.29) is 30.6 Å². The summed E-state index contributed by atoms with van der Waals surface area (Å²) in [7, 11) is 0.